The second-order valence-electron chi connectivity index (χ2n) is 5.74. The summed E-state index contributed by atoms with van der Waals surface area (Å²) in [4.78, 5) is 12.1. The van der Waals surface area contributed by atoms with Gasteiger partial charge in [-0.3, -0.25) is 0 Å². The lowest BCUT2D eigenvalue weighted by atomic mass is 10.1. The van der Waals surface area contributed by atoms with Gasteiger partial charge in [-0.2, -0.15) is 13.2 Å². The van der Waals surface area contributed by atoms with Crippen LogP contribution in [-0.4, -0.2) is 6.03 Å². The number of carbonyl (C=O) groups is 1. The van der Waals surface area contributed by atoms with Gasteiger partial charge in [0.25, 0.3) is 0 Å². The highest BCUT2D eigenvalue weighted by Crippen LogP contribution is 2.45. The summed E-state index contributed by atoms with van der Waals surface area (Å²) >= 11 is 5.86. The lowest BCUT2D eigenvalue weighted by molar-refractivity contribution is -0.137. The first-order valence-corrected chi connectivity index (χ1v) is 7.69. The number of amides is 2. The van der Waals surface area contributed by atoms with Gasteiger partial charge >= 0.3 is 12.2 Å². The number of alkyl halides is 3. The molecule has 0 saturated heterocycles. The molecule has 0 radical (unpaired) electrons. The Labute approximate surface area is 141 Å². The van der Waals surface area contributed by atoms with E-state index >= 15 is 0 Å². The standard InChI is InChI=1S/C17H14ClF3N2O/c18-13-5-1-11(2-6-13)16(9-10-16)23-15(24)22-14-7-3-12(4-8-14)17(19,20)21/h1-8H,9-10H2,(H2,22,23,24). The summed E-state index contributed by atoms with van der Waals surface area (Å²) < 4.78 is 37.6. The van der Waals surface area contributed by atoms with Crippen molar-refractivity contribution in [2.75, 3.05) is 5.32 Å². The van der Waals surface area contributed by atoms with Crippen LogP contribution in [0.4, 0.5) is 23.7 Å². The topological polar surface area (TPSA) is 41.1 Å². The van der Waals surface area contributed by atoms with Crippen LogP contribution in [0.2, 0.25) is 5.02 Å². The molecule has 0 unspecified atom stereocenters. The van der Waals surface area contributed by atoms with Crippen molar-refractivity contribution in [3.05, 3.63) is 64.7 Å². The monoisotopic (exact) mass is 354 g/mol. The van der Waals surface area contributed by atoms with Gasteiger partial charge in [0.05, 0.1) is 11.1 Å². The smallest absolute Gasteiger partial charge is 0.328 e. The highest BCUT2D eigenvalue weighted by molar-refractivity contribution is 6.30. The third kappa shape index (κ3) is 3.64. The lowest BCUT2D eigenvalue weighted by Crippen LogP contribution is -2.38. The van der Waals surface area contributed by atoms with Crippen molar-refractivity contribution in [2.24, 2.45) is 0 Å². The number of halogens is 4. The molecule has 2 N–H and O–H groups in total. The Kier molecular flexibility index (Phi) is 4.17. The van der Waals surface area contributed by atoms with Crippen molar-refractivity contribution < 1.29 is 18.0 Å². The van der Waals surface area contributed by atoms with Crippen LogP contribution in [0, 0.1) is 0 Å². The number of benzene rings is 2. The fourth-order valence-electron chi connectivity index (χ4n) is 2.50. The summed E-state index contributed by atoms with van der Waals surface area (Å²) in [6, 6.07) is 11.1. The lowest BCUT2D eigenvalue weighted by Gasteiger charge is -2.18. The maximum absolute atomic E-state index is 12.5. The molecule has 2 aromatic carbocycles. The van der Waals surface area contributed by atoms with Gasteiger partial charge in [-0.25, -0.2) is 4.79 Å². The van der Waals surface area contributed by atoms with Gasteiger partial charge in [0, 0.05) is 10.7 Å². The number of carbonyl (C=O) groups excluding carboxylic acids is 1. The van der Waals surface area contributed by atoms with Gasteiger partial charge in [0.15, 0.2) is 0 Å². The molecule has 3 rings (SSSR count). The Bertz CT molecular complexity index is 738. The van der Waals surface area contributed by atoms with Crippen LogP contribution in [0.15, 0.2) is 48.5 Å². The number of hydrogen-bond acceptors (Lipinski definition) is 1. The van der Waals surface area contributed by atoms with Crippen LogP contribution in [0.1, 0.15) is 24.0 Å². The van der Waals surface area contributed by atoms with Crippen LogP contribution in [0.3, 0.4) is 0 Å². The van der Waals surface area contributed by atoms with Crippen LogP contribution in [0.5, 0.6) is 0 Å². The van der Waals surface area contributed by atoms with Gasteiger partial charge in [-0.15, -0.1) is 0 Å². The van der Waals surface area contributed by atoms with E-state index < -0.39 is 23.3 Å². The second kappa shape index (κ2) is 6.02. The van der Waals surface area contributed by atoms with Gasteiger partial charge in [0.1, 0.15) is 0 Å². The zero-order valence-electron chi connectivity index (χ0n) is 12.5. The fourth-order valence-corrected chi connectivity index (χ4v) is 2.63. The first kappa shape index (κ1) is 16.6. The van der Waals surface area contributed by atoms with Crippen LogP contribution in [0.25, 0.3) is 0 Å². The summed E-state index contributed by atoms with van der Waals surface area (Å²) in [5.41, 5.74) is 0.0655. The average Bonchev–Trinajstić information content (AvgIpc) is 3.28. The summed E-state index contributed by atoms with van der Waals surface area (Å²) in [7, 11) is 0. The first-order chi connectivity index (χ1) is 11.3. The molecule has 2 aromatic rings. The largest absolute Gasteiger partial charge is 0.416 e. The summed E-state index contributed by atoms with van der Waals surface area (Å²) in [5.74, 6) is 0. The van der Waals surface area contributed by atoms with Gasteiger partial charge < -0.3 is 10.6 Å². The van der Waals surface area contributed by atoms with E-state index in [2.05, 4.69) is 10.6 Å². The van der Waals surface area contributed by atoms with E-state index in [4.69, 9.17) is 11.6 Å². The molecule has 0 aliphatic heterocycles. The Morgan fingerprint density at radius 3 is 2.08 bits per heavy atom. The van der Waals surface area contributed by atoms with Gasteiger partial charge in [0.2, 0.25) is 0 Å². The molecule has 0 heterocycles. The van der Waals surface area contributed by atoms with Crippen molar-refractivity contribution in [1.29, 1.82) is 0 Å². The van der Waals surface area contributed by atoms with Crippen molar-refractivity contribution in [2.45, 2.75) is 24.6 Å². The van der Waals surface area contributed by atoms with Crippen LogP contribution in [-0.2, 0) is 11.7 Å². The number of urea groups is 1. The Morgan fingerprint density at radius 2 is 1.58 bits per heavy atom. The molecule has 1 saturated carbocycles. The van der Waals surface area contributed by atoms with E-state index in [1.807, 2.05) is 12.1 Å². The highest BCUT2D eigenvalue weighted by Gasteiger charge is 2.45. The molecule has 1 fully saturated rings. The van der Waals surface area contributed by atoms with E-state index in [1.54, 1.807) is 12.1 Å². The SMILES string of the molecule is O=C(Nc1ccc(C(F)(F)F)cc1)NC1(c2ccc(Cl)cc2)CC1. The van der Waals surface area contributed by atoms with E-state index in [9.17, 15) is 18.0 Å². The van der Waals surface area contributed by atoms with E-state index in [-0.39, 0.29) is 0 Å². The molecule has 0 spiro atoms. The van der Waals surface area contributed by atoms with Crippen LogP contribution < -0.4 is 10.6 Å². The predicted molar refractivity (Wildman–Crippen MR) is 86.0 cm³/mol. The molecule has 0 bridgehead atoms. The van der Waals surface area contributed by atoms with Crippen molar-refractivity contribution >= 4 is 23.3 Å². The van der Waals surface area contributed by atoms with Crippen molar-refractivity contribution in [1.82, 2.24) is 5.32 Å². The molecule has 126 valence electrons. The molecule has 7 heteroatoms. The Hall–Kier alpha value is -2.21. The summed E-state index contributed by atoms with van der Waals surface area (Å²) in [6.45, 7) is 0. The number of hydrogen-bond donors (Lipinski definition) is 2. The zero-order chi connectivity index (χ0) is 17.4. The van der Waals surface area contributed by atoms with E-state index in [0.29, 0.717) is 10.7 Å². The summed E-state index contributed by atoms with van der Waals surface area (Å²) in [5, 5.41) is 6.05. The van der Waals surface area contributed by atoms with Gasteiger partial charge in [-0.1, -0.05) is 23.7 Å². The molecule has 3 nitrogen and oxygen atoms in total. The molecule has 2 amide bonds. The maximum atomic E-state index is 12.5. The van der Waals surface area contributed by atoms with E-state index in [1.165, 1.54) is 12.1 Å². The average molecular weight is 355 g/mol. The third-order valence-corrected chi connectivity index (χ3v) is 4.22. The van der Waals surface area contributed by atoms with Crippen LogP contribution >= 0.6 is 11.6 Å². The molecule has 1 aliphatic carbocycles. The highest BCUT2D eigenvalue weighted by atomic mass is 35.5. The third-order valence-electron chi connectivity index (χ3n) is 3.97. The molecule has 24 heavy (non-hydrogen) atoms. The Balaban J connectivity index is 1.64. The number of rotatable bonds is 3. The predicted octanol–water partition coefficient (Wildman–Crippen LogP) is 5.17. The fraction of sp³-hybridized carbons (Fsp3) is 0.235. The first-order valence-electron chi connectivity index (χ1n) is 7.31. The summed E-state index contributed by atoms with van der Waals surface area (Å²) in [6.07, 6.45) is -2.79. The minimum absolute atomic E-state index is 0.299. The molecular formula is C17H14ClF3N2O. The van der Waals surface area contributed by atoms with Crippen molar-refractivity contribution in [3.63, 3.8) is 0 Å². The zero-order valence-corrected chi connectivity index (χ0v) is 13.2. The minimum Gasteiger partial charge on any atom is -0.328 e. The number of anilines is 1. The number of nitrogens with one attached hydrogen (secondary N) is 2. The van der Waals surface area contributed by atoms with Gasteiger partial charge in [-0.05, 0) is 54.8 Å². The minimum atomic E-state index is -4.40. The molecule has 0 atom stereocenters. The Morgan fingerprint density at radius 1 is 1.00 bits per heavy atom. The molecule has 0 aromatic heterocycles. The second-order valence-corrected chi connectivity index (χ2v) is 6.18. The normalized spacial score (nSPS) is 15.7. The molecular weight excluding hydrogens is 341 g/mol. The molecule has 1 aliphatic rings. The quantitative estimate of drug-likeness (QED) is 0.784. The van der Waals surface area contributed by atoms with Crippen molar-refractivity contribution in [3.8, 4) is 0 Å². The maximum Gasteiger partial charge on any atom is 0.416 e. The van der Waals surface area contributed by atoms with E-state index in [0.717, 1.165) is 30.5 Å².